The Kier molecular flexibility index (Phi) is 4.85. The fourth-order valence-corrected chi connectivity index (χ4v) is 4.41. The van der Waals surface area contributed by atoms with Gasteiger partial charge in [-0.05, 0) is 35.6 Å². The number of hydrogen-bond donors (Lipinski definition) is 0. The molecule has 1 atom stereocenters. The highest BCUT2D eigenvalue weighted by atomic mass is 35.5. The molecule has 0 saturated heterocycles. The van der Waals surface area contributed by atoms with Crippen molar-refractivity contribution in [3.05, 3.63) is 88.3 Å². The van der Waals surface area contributed by atoms with Crippen molar-refractivity contribution >= 4 is 23.0 Å². The highest BCUT2D eigenvalue weighted by Crippen LogP contribution is 2.35. The average Bonchev–Trinajstić information content (AvgIpc) is 3.10. The largest absolute Gasteiger partial charge is 0.378 e. The number of benzene rings is 2. The molecule has 2 aromatic heterocycles. The van der Waals surface area contributed by atoms with Gasteiger partial charge < -0.3 is 4.74 Å². The van der Waals surface area contributed by atoms with Gasteiger partial charge in [0.25, 0.3) is 0 Å². The van der Waals surface area contributed by atoms with Crippen LogP contribution in [-0.2, 0) is 17.8 Å². The zero-order valence-corrected chi connectivity index (χ0v) is 17.3. The fraction of sp³-hybridized carbons (Fsp3) is 0.208. The van der Waals surface area contributed by atoms with Crippen molar-refractivity contribution in [3.8, 4) is 11.1 Å². The van der Waals surface area contributed by atoms with Gasteiger partial charge in [0.15, 0.2) is 11.4 Å². The molecule has 1 aliphatic rings. The zero-order chi connectivity index (χ0) is 20.7. The van der Waals surface area contributed by atoms with Gasteiger partial charge >= 0.3 is 0 Å². The van der Waals surface area contributed by atoms with Crippen LogP contribution in [0.5, 0.6) is 0 Å². The lowest BCUT2D eigenvalue weighted by Gasteiger charge is -2.23. The smallest absolute Gasteiger partial charge is 0.166 e. The molecule has 30 heavy (non-hydrogen) atoms. The Morgan fingerprint density at radius 1 is 1.13 bits per heavy atom. The molecular weight excluding hydrogens is 398 g/mol. The summed E-state index contributed by atoms with van der Waals surface area (Å²) in [4.78, 5) is 17.9. The van der Waals surface area contributed by atoms with Crippen LogP contribution in [0.15, 0.2) is 60.8 Å². The van der Waals surface area contributed by atoms with Crippen LogP contribution in [0, 0.1) is 0 Å². The third kappa shape index (κ3) is 3.30. The second-order valence-electron chi connectivity index (χ2n) is 7.57. The molecule has 5 rings (SSSR count). The van der Waals surface area contributed by atoms with Gasteiger partial charge in [-0.25, -0.2) is 9.50 Å². The van der Waals surface area contributed by atoms with Gasteiger partial charge in [0.2, 0.25) is 0 Å². The Balaban J connectivity index is 1.65. The number of halogens is 1. The number of ether oxygens (including phenoxy) is 1. The van der Waals surface area contributed by atoms with E-state index in [2.05, 4.69) is 5.10 Å². The Morgan fingerprint density at radius 2 is 1.97 bits per heavy atom. The summed E-state index contributed by atoms with van der Waals surface area (Å²) in [5.41, 5.74) is 6.04. The summed E-state index contributed by atoms with van der Waals surface area (Å²) in [6.45, 7) is 0.372. The maximum Gasteiger partial charge on any atom is 0.166 e. The summed E-state index contributed by atoms with van der Waals surface area (Å²) in [6, 6.07) is 17.8. The molecule has 0 aliphatic heterocycles. The van der Waals surface area contributed by atoms with Crippen molar-refractivity contribution < 1.29 is 9.53 Å². The molecule has 1 aliphatic carbocycles. The Bertz CT molecular complexity index is 1250. The van der Waals surface area contributed by atoms with Crippen LogP contribution in [0.2, 0.25) is 5.02 Å². The van der Waals surface area contributed by atoms with E-state index in [1.54, 1.807) is 11.6 Å². The predicted octanol–water partition coefficient (Wildman–Crippen LogP) is 5.11. The summed E-state index contributed by atoms with van der Waals surface area (Å²) in [5, 5.41) is 5.35. The third-order valence-corrected chi connectivity index (χ3v) is 5.83. The number of ketones is 1. The maximum absolute atomic E-state index is 12.9. The third-order valence-electron chi connectivity index (χ3n) is 5.60. The van der Waals surface area contributed by atoms with E-state index < -0.39 is 0 Å². The first-order valence-electron chi connectivity index (χ1n) is 9.88. The number of carbonyl (C=O) groups is 1. The first kappa shape index (κ1) is 19.0. The maximum atomic E-state index is 12.9. The number of hydrogen-bond acceptors (Lipinski definition) is 4. The minimum absolute atomic E-state index is 0.0696. The second-order valence-corrected chi connectivity index (χ2v) is 8.01. The lowest BCUT2D eigenvalue weighted by Crippen LogP contribution is -2.21. The van der Waals surface area contributed by atoms with Crippen LogP contribution < -0.4 is 0 Å². The summed E-state index contributed by atoms with van der Waals surface area (Å²) >= 11 is 6.18. The van der Waals surface area contributed by atoms with Gasteiger partial charge in [0.1, 0.15) is 0 Å². The Morgan fingerprint density at radius 3 is 2.73 bits per heavy atom. The molecule has 2 aromatic carbocycles. The second kappa shape index (κ2) is 7.67. The molecular formula is C24H20ClN3O2. The van der Waals surface area contributed by atoms with Crippen molar-refractivity contribution in [3.63, 3.8) is 0 Å². The van der Waals surface area contributed by atoms with Gasteiger partial charge in [-0.1, -0.05) is 54.1 Å². The molecule has 2 heterocycles. The normalized spacial score (nSPS) is 16.1. The van der Waals surface area contributed by atoms with Crippen LogP contribution in [0.3, 0.4) is 0 Å². The van der Waals surface area contributed by atoms with E-state index in [9.17, 15) is 4.79 Å². The molecule has 5 nitrogen and oxygen atoms in total. The number of Topliss-reactive ketones (excluding diaryl/α,β-unsaturated/α-hetero) is 1. The molecule has 0 N–H and O–H groups in total. The van der Waals surface area contributed by atoms with Crippen molar-refractivity contribution in [2.45, 2.75) is 25.4 Å². The molecule has 0 saturated carbocycles. The molecule has 4 aromatic rings. The first-order chi connectivity index (χ1) is 14.6. The summed E-state index contributed by atoms with van der Waals surface area (Å²) in [6.07, 6.45) is 2.95. The molecule has 0 fully saturated rings. The monoisotopic (exact) mass is 417 g/mol. The van der Waals surface area contributed by atoms with Crippen molar-refractivity contribution in [1.82, 2.24) is 14.6 Å². The number of aromatic nitrogens is 3. The van der Waals surface area contributed by atoms with Gasteiger partial charge in [-0.2, -0.15) is 5.10 Å². The highest BCUT2D eigenvalue weighted by molar-refractivity contribution is 6.30. The van der Waals surface area contributed by atoms with E-state index in [-0.39, 0.29) is 11.7 Å². The fourth-order valence-electron chi connectivity index (χ4n) is 4.22. The SMILES string of the molecule is COCc1nn2cc3c(nc2c1-c1ccccc1)CC(c1cccc(Cl)c1)CC3=O. The number of rotatable bonds is 4. The lowest BCUT2D eigenvalue weighted by atomic mass is 9.82. The lowest BCUT2D eigenvalue weighted by molar-refractivity contribution is 0.0962. The molecule has 0 bridgehead atoms. The standard InChI is InChI=1S/C24H20ClN3O2/c1-30-14-21-23(15-6-3-2-4-7-15)24-26-20-11-17(16-8-5-9-18(25)10-16)12-22(29)19(20)13-28(24)27-21/h2-10,13,17H,11-12,14H2,1H3. The molecule has 1 unspecified atom stereocenters. The van der Waals surface area contributed by atoms with E-state index in [1.807, 2.05) is 60.8 Å². The van der Waals surface area contributed by atoms with Crippen LogP contribution in [0.1, 0.15) is 39.6 Å². The van der Waals surface area contributed by atoms with E-state index in [0.717, 1.165) is 33.7 Å². The van der Waals surface area contributed by atoms with Gasteiger partial charge in [-0.15, -0.1) is 0 Å². The minimum atomic E-state index is 0.0696. The highest BCUT2D eigenvalue weighted by Gasteiger charge is 2.29. The topological polar surface area (TPSA) is 56.5 Å². The average molecular weight is 418 g/mol. The van der Waals surface area contributed by atoms with Crippen LogP contribution >= 0.6 is 11.6 Å². The predicted molar refractivity (Wildman–Crippen MR) is 116 cm³/mol. The van der Waals surface area contributed by atoms with Crippen molar-refractivity contribution in [2.24, 2.45) is 0 Å². The van der Waals surface area contributed by atoms with Crippen molar-refractivity contribution in [1.29, 1.82) is 0 Å². The zero-order valence-electron chi connectivity index (χ0n) is 16.5. The molecule has 150 valence electrons. The quantitative estimate of drug-likeness (QED) is 0.463. The summed E-state index contributed by atoms with van der Waals surface area (Å²) in [7, 11) is 1.65. The van der Waals surface area contributed by atoms with E-state index in [4.69, 9.17) is 21.3 Å². The number of fused-ring (bicyclic) bond motifs is 2. The van der Waals surface area contributed by atoms with E-state index in [0.29, 0.717) is 30.0 Å². The Labute approximate surface area is 179 Å². The first-order valence-corrected chi connectivity index (χ1v) is 10.3. The Hall–Kier alpha value is -3.02. The summed E-state index contributed by atoms with van der Waals surface area (Å²) < 4.78 is 7.08. The molecule has 0 spiro atoms. The molecule has 0 radical (unpaired) electrons. The van der Waals surface area contributed by atoms with Gasteiger partial charge in [0.05, 0.1) is 29.1 Å². The van der Waals surface area contributed by atoms with Gasteiger partial charge in [-0.3, -0.25) is 4.79 Å². The van der Waals surface area contributed by atoms with E-state index in [1.165, 1.54) is 0 Å². The van der Waals surface area contributed by atoms with Gasteiger partial charge in [0, 0.05) is 24.8 Å². The summed E-state index contributed by atoms with van der Waals surface area (Å²) in [5.74, 6) is 0.154. The van der Waals surface area contributed by atoms with E-state index >= 15 is 0 Å². The van der Waals surface area contributed by atoms with Crippen LogP contribution in [-0.4, -0.2) is 27.5 Å². The minimum Gasteiger partial charge on any atom is -0.378 e. The number of nitrogens with zero attached hydrogens (tertiary/aromatic N) is 3. The van der Waals surface area contributed by atoms with Crippen molar-refractivity contribution in [2.75, 3.05) is 7.11 Å². The molecule has 6 heteroatoms. The van der Waals surface area contributed by atoms with Crippen LogP contribution in [0.25, 0.3) is 16.8 Å². The number of carbonyl (C=O) groups excluding carboxylic acids is 1. The van der Waals surface area contributed by atoms with Crippen LogP contribution in [0.4, 0.5) is 0 Å². The molecule has 0 amide bonds. The number of methoxy groups -OCH3 is 1.